The number of rotatable bonds is 4. The molecule has 7 heteroatoms. The van der Waals surface area contributed by atoms with Crippen LogP contribution in [-0.4, -0.2) is 15.8 Å². The molecule has 3 aromatic carbocycles. The van der Waals surface area contributed by atoms with Crippen LogP contribution in [0.25, 0.3) is 22.2 Å². The van der Waals surface area contributed by atoms with Crippen LogP contribution in [0.5, 0.6) is 0 Å². The largest absolute Gasteiger partial charge is 0.322 e. The first-order valence-electron chi connectivity index (χ1n) is 9.15. The highest BCUT2D eigenvalue weighted by molar-refractivity contribution is 6.13. The highest BCUT2D eigenvalue weighted by Gasteiger charge is 2.18. The maximum atomic E-state index is 13.6. The first-order valence-corrected chi connectivity index (χ1v) is 9.15. The summed E-state index contributed by atoms with van der Waals surface area (Å²) < 4.78 is 13.6. The monoisotopic (exact) mass is 401 g/mol. The number of nitrogens with one attached hydrogen (secondary N) is 1. The van der Waals surface area contributed by atoms with Gasteiger partial charge < -0.3 is 5.32 Å². The van der Waals surface area contributed by atoms with Gasteiger partial charge in [0.1, 0.15) is 0 Å². The number of pyridine rings is 1. The number of benzene rings is 3. The SMILES string of the molecule is Cc1ccccc1-c1cc(C(=O)Nc2ccc(F)c([N+](=O)[O-])c2)c2ccccc2n1. The smallest absolute Gasteiger partial charge is 0.306 e. The predicted molar refractivity (Wildman–Crippen MR) is 113 cm³/mol. The van der Waals surface area contributed by atoms with E-state index in [2.05, 4.69) is 10.3 Å². The van der Waals surface area contributed by atoms with Crippen molar-refractivity contribution in [3.63, 3.8) is 0 Å². The van der Waals surface area contributed by atoms with Gasteiger partial charge in [0.25, 0.3) is 5.91 Å². The van der Waals surface area contributed by atoms with Crippen LogP contribution in [0.15, 0.2) is 72.8 Å². The topological polar surface area (TPSA) is 85.1 Å². The zero-order valence-corrected chi connectivity index (χ0v) is 15.9. The molecule has 4 rings (SSSR count). The van der Waals surface area contributed by atoms with Crippen LogP contribution in [0, 0.1) is 22.9 Å². The molecule has 4 aromatic rings. The van der Waals surface area contributed by atoms with Gasteiger partial charge in [-0.3, -0.25) is 14.9 Å². The fourth-order valence-electron chi connectivity index (χ4n) is 3.29. The normalized spacial score (nSPS) is 10.7. The lowest BCUT2D eigenvalue weighted by Gasteiger charge is -2.12. The maximum Gasteiger partial charge on any atom is 0.306 e. The number of aryl methyl sites for hydroxylation is 1. The van der Waals surface area contributed by atoms with Crippen molar-refractivity contribution in [2.24, 2.45) is 0 Å². The Balaban J connectivity index is 1.80. The van der Waals surface area contributed by atoms with E-state index < -0.39 is 22.3 Å². The first-order chi connectivity index (χ1) is 14.4. The molecule has 0 bridgehead atoms. The van der Waals surface area contributed by atoms with Crippen molar-refractivity contribution in [1.82, 2.24) is 4.98 Å². The van der Waals surface area contributed by atoms with Gasteiger partial charge in [-0.15, -0.1) is 0 Å². The maximum absolute atomic E-state index is 13.6. The Hall–Kier alpha value is -4.13. The molecule has 0 aliphatic rings. The van der Waals surface area contributed by atoms with Gasteiger partial charge in [-0.05, 0) is 36.8 Å². The number of para-hydroxylation sites is 1. The van der Waals surface area contributed by atoms with Crippen molar-refractivity contribution in [2.75, 3.05) is 5.32 Å². The Morgan fingerprint density at radius 3 is 2.53 bits per heavy atom. The van der Waals surface area contributed by atoms with Gasteiger partial charge in [0, 0.05) is 22.7 Å². The number of anilines is 1. The van der Waals surface area contributed by atoms with E-state index in [1.807, 2.05) is 43.3 Å². The highest BCUT2D eigenvalue weighted by Crippen LogP contribution is 2.28. The van der Waals surface area contributed by atoms with Crippen LogP contribution in [0.3, 0.4) is 0 Å². The predicted octanol–water partition coefficient (Wildman–Crippen LogP) is 5.51. The number of nitro groups is 1. The van der Waals surface area contributed by atoms with Crippen molar-refractivity contribution in [2.45, 2.75) is 6.92 Å². The van der Waals surface area contributed by atoms with E-state index in [-0.39, 0.29) is 5.69 Å². The molecular weight excluding hydrogens is 385 g/mol. The van der Waals surface area contributed by atoms with Crippen molar-refractivity contribution in [3.05, 3.63) is 99.9 Å². The van der Waals surface area contributed by atoms with E-state index in [0.29, 0.717) is 22.2 Å². The number of amides is 1. The van der Waals surface area contributed by atoms with Crippen LogP contribution < -0.4 is 5.32 Å². The molecule has 30 heavy (non-hydrogen) atoms. The quantitative estimate of drug-likeness (QED) is 0.361. The summed E-state index contributed by atoms with van der Waals surface area (Å²) in [6.45, 7) is 1.96. The molecule has 0 saturated heterocycles. The molecule has 0 radical (unpaired) electrons. The molecule has 0 fully saturated rings. The molecule has 1 N–H and O–H groups in total. The summed E-state index contributed by atoms with van der Waals surface area (Å²) in [5.74, 6) is -1.43. The Morgan fingerprint density at radius 2 is 1.77 bits per heavy atom. The minimum Gasteiger partial charge on any atom is -0.322 e. The number of aromatic nitrogens is 1. The zero-order valence-electron chi connectivity index (χ0n) is 15.9. The van der Waals surface area contributed by atoms with E-state index in [0.717, 1.165) is 23.3 Å². The molecular formula is C23H16FN3O3. The fourth-order valence-corrected chi connectivity index (χ4v) is 3.29. The summed E-state index contributed by atoms with van der Waals surface area (Å²) in [5, 5.41) is 14.3. The van der Waals surface area contributed by atoms with Gasteiger partial charge in [-0.2, -0.15) is 4.39 Å². The molecule has 1 aromatic heterocycles. The Kier molecular flexibility index (Phi) is 4.93. The minimum atomic E-state index is -0.964. The average molecular weight is 401 g/mol. The molecule has 0 atom stereocenters. The molecule has 0 unspecified atom stereocenters. The molecule has 1 amide bonds. The molecule has 0 saturated carbocycles. The second-order valence-electron chi connectivity index (χ2n) is 6.76. The number of fused-ring (bicyclic) bond motifs is 1. The molecule has 6 nitrogen and oxygen atoms in total. The standard InChI is InChI=1S/C23H16FN3O3/c1-14-6-2-3-7-16(14)21-13-18(17-8-4-5-9-20(17)26-21)23(28)25-15-10-11-19(24)22(12-15)27(29)30/h2-13H,1H3,(H,25,28). The summed E-state index contributed by atoms with van der Waals surface area (Å²) in [5.41, 5.74) is 3.00. The molecule has 0 aliphatic carbocycles. The van der Waals surface area contributed by atoms with Crippen LogP contribution >= 0.6 is 0 Å². The van der Waals surface area contributed by atoms with E-state index in [1.165, 1.54) is 6.07 Å². The van der Waals surface area contributed by atoms with Crippen molar-refractivity contribution in [3.8, 4) is 11.3 Å². The number of nitro benzene ring substituents is 1. The van der Waals surface area contributed by atoms with E-state index in [1.54, 1.807) is 18.2 Å². The Labute approximate surface area is 171 Å². The van der Waals surface area contributed by atoms with Gasteiger partial charge in [0.2, 0.25) is 5.82 Å². The van der Waals surface area contributed by atoms with E-state index >= 15 is 0 Å². The lowest BCUT2D eigenvalue weighted by Crippen LogP contribution is -2.13. The van der Waals surface area contributed by atoms with Gasteiger partial charge in [0.15, 0.2) is 0 Å². The van der Waals surface area contributed by atoms with Crippen LogP contribution in [0.4, 0.5) is 15.8 Å². The lowest BCUT2D eigenvalue weighted by molar-refractivity contribution is -0.387. The van der Waals surface area contributed by atoms with E-state index in [9.17, 15) is 19.3 Å². The second-order valence-corrected chi connectivity index (χ2v) is 6.76. The third kappa shape index (κ3) is 3.60. The average Bonchev–Trinajstić information content (AvgIpc) is 2.74. The third-order valence-corrected chi connectivity index (χ3v) is 4.78. The number of halogens is 1. The summed E-state index contributed by atoms with van der Waals surface area (Å²) in [7, 11) is 0. The third-order valence-electron chi connectivity index (χ3n) is 4.78. The van der Waals surface area contributed by atoms with E-state index in [4.69, 9.17) is 0 Å². The lowest BCUT2D eigenvalue weighted by atomic mass is 10.0. The van der Waals surface area contributed by atoms with Gasteiger partial charge in [-0.1, -0.05) is 42.5 Å². The molecule has 0 aliphatic heterocycles. The second kappa shape index (κ2) is 7.71. The molecule has 148 valence electrons. The van der Waals surface area contributed by atoms with Crippen LogP contribution in [0.1, 0.15) is 15.9 Å². The number of hydrogen-bond donors (Lipinski definition) is 1. The van der Waals surface area contributed by atoms with Crippen molar-refractivity contribution < 1.29 is 14.1 Å². The number of nitrogens with zero attached hydrogens (tertiary/aromatic N) is 2. The van der Waals surface area contributed by atoms with Gasteiger partial charge in [-0.25, -0.2) is 4.98 Å². The summed E-state index contributed by atoms with van der Waals surface area (Å²) in [6, 6.07) is 19.9. The number of hydrogen-bond acceptors (Lipinski definition) is 4. The highest BCUT2D eigenvalue weighted by atomic mass is 19.1. The number of carbonyl (C=O) groups is 1. The summed E-state index contributed by atoms with van der Waals surface area (Å²) in [6.07, 6.45) is 0. The van der Waals surface area contributed by atoms with Crippen LogP contribution in [-0.2, 0) is 0 Å². The summed E-state index contributed by atoms with van der Waals surface area (Å²) in [4.78, 5) is 27.9. The Bertz CT molecular complexity index is 1300. The van der Waals surface area contributed by atoms with Crippen molar-refractivity contribution in [1.29, 1.82) is 0 Å². The Morgan fingerprint density at radius 1 is 1.03 bits per heavy atom. The summed E-state index contributed by atoms with van der Waals surface area (Å²) >= 11 is 0. The fraction of sp³-hybridized carbons (Fsp3) is 0.0435. The molecule has 1 heterocycles. The number of carbonyl (C=O) groups excluding carboxylic acids is 1. The van der Waals surface area contributed by atoms with Crippen molar-refractivity contribution >= 4 is 28.2 Å². The van der Waals surface area contributed by atoms with Gasteiger partial charge >= 0.3 is 5.69 Å². The molecule has 0 spiro atoms. The van der Waals surface area contributed by atoms with Crippen LogP contribution in [0.2, 0.25) is 0 Å². The van der Waals surface area contributed by atoms with Gasteiger partial charge in [0.05, 0.1) is 21.7 Å². The minimum absolute atomic E-state index is 0.131. The zero-order chi connectivity index (χ0) is 21.3. The first kappa shape index (κ1) is 19.2.